The molecular formula is C11H13BrN2O2. The van der Waals surface area contributed by atoms with Gasteiger partial charge in [0.1, 0.15) is 5.52 Å². The van der Waals surface area contributed by atoms with Crippen molar-refractivity contribution in [3.8, 4) is 5.75 Å². The van der Waals surface area contributed by atoms with Crippen LogP contribution in [0.15, 0.2) is 22.8 Å². The molecule has 1 aromatic heterocycles. The maximum Gasteiger partial charge on any atom is 0.161 e. The van der Waals surface area contributed by atoms with Crippen LogP contribution in [0, 0.1) is 0 Å². The van der Waals surface area contributed by atoms with Gasteiger partial charge in [-0.05, 0) is 28.1 Å². The Bertz CT molecular complexity index is 496. The predicted octanol–water partition coefficient (Wildman–Crippen LogP) is 2.45. The van der Waals surface area contributed by atoms with Gasteiger partial charge in [-0.3, -0.25) is 4.68 Å². The molecule has 0 amide bonds. The average molecular weight is 285 g/mol. The Kier molecular flexibility index (Phi) is 3.46. The van der Waals surface area contributed by atoms with Gasteiger partial charge in [-0.15, -0.1) is 0 Å². The summed E-state index contributed by atoms with van der Waals surface area (Å²) in [5.41, 5.74) is 0.868. The van der Waals surface area contributed by atoms with E-state index in [0.717, 1.165) is 27.7 Å². The Hall–Kier alpha value is -1.07. The highest BCUT2D eigenvalue weighted by Crippen LogP contribution is 2.32. The van der Waals surface area contributed by atoms with Crippen LogP contribution in [-0.4, -0.2) is 30.6 Å². The molecule has 0 N–H and O–H groups in total. The summed E-state index contributed by atoms with van der Waals surface area (Å²) in [5.74, 6) is 0.772. The summed E-state index contributed by atoms with van der Waals surface area (Å²) in [7, 11) is 3.33. The summed E-state index contributed by atoms with van der Waals surface area (Å²) in [5, 5.41) is 5.53. The van der Waals surface area contributed by atoms with Crippen molar-refractivity contribution in [3.05, 3.63) is 22.8 Å². The summed E-state index contributed by atoms with van der Waals surface area (Å²) >= 11 is 3.44. The lowest BCUT2D eigenvalue weighted by Gasteiger charge is -2.02. The van der Waals surface area contributed by atoms with Crippen molar-refractivity contribution in [2.75, 3.05) is 20.8 Å². The fourth-order valence-electron chi connectivity index (χ4n) is 1.58. The topological polar surface area (TPSA) is 36.3 Å². The SMILES string of the molecule is COCCn1cc2ccc(Br)c(OC)c2n1. The molecule has 0 aliphatic carbocycles. The summed E-state index contributed by atoms with van der Waals surface area (Å²) in [6.07, 6.45) is 1.99. The second-order valence-electron chi connectivity index (χ2n) is 3.40. The Labute approximate surface area is 102 Å². The van der Waals surface area contributed by atoms with E-state index in [1.54, 1.807) is 14.2 Å². The molecule has 86 valence electrons. The van der Waals surface area contributed by atoms with Crippen molar-refractivity contribution in [2.24, 2.45) is 0 Å². The molecule has 0 fully saturated rings. The fourth-order valence-corrected chi connectivity index (χ4v) is 2.06. The first-order chi connectivity index (χ1) is 7.76. The largest absolute Gasteiger partial charge is 0.493 e. The Morgan fingerprint density at radius 3 is 2.88 bits per heavy atom. The van der Waals surface area contributed by atoms with Crippen LogP contribution in [-0.2, 0) is 11.3 Å². The number of hydrogen-bond donors (Lipinski definition) is 0. The van der Waals surface area contributed by atoms with Crippen LogP contribution in [0.25, 0.3) is 10.9 Å². The normalized spacial score (nSPS) is 10.9. The molecule has 4 nitrogen and oxygen atoms in total. The van der Waals surface area contributed by atoms with Crippen molar-refractivity contribution >= 4 is 26.8 Å². The van der Waals surface area contributed by atoms with Crippen LogP contribution in [0.2, 0.25) is 0 Å². The molecule has 0 radical (unpaired) electrons. The van der Waals surface area contributed by atoms with E-state index in [9.17, 15) is 0 Å². The molecule has 1 heterocycles. The molecule has 0 aliphatic rings. The molecule has 1 aromatic carbocycles. The molecule has 0 saturated heterocycles. The zero-order valence-electron chi connectivity index (χ0n) is 9.24. The maximum atomic E-state index is 5.32. The zero-order chi connectivity index (χ0) is 11.5. The maximum absolute atomic E-state index is 5.32. The lowest BCUT2D eigenvalue weighted by Crippen LogP contribution is -2.04. The first-order valence-corrected chi connectivity index (χ1v) is 5.74. The zero-order valence-corrected chi connectivity index (χ0v) is 10.8. The van der Waals surface area contributed by atoms with Gasteiger partial charge in [-0.1, -0.05) is 0 Å². The van der Waals surface area contributed by atoms with Gasteiger partial charge >= 0.3 is 0 Å². The van der Waals surface area contributed by atoms with Crippen LogP contribution < -0.4 is 4.74 Å². The van der Waals surface area contributed by atoms with E-state index in [1.807, 2.05) is 23.0 Å². The molecule has 2 rings (SSSR count). The fraction of sp³-hybridized carbons (Fsp3) is 0.364. The van der Waals surface area contributed by atoms with Crippen molar-refractivity contribution < 1.29 is 9.47 Å². The van der Waals surface area contributed by atoms with Gasteiger partial charge in [-0.25, -0.2) is 0 Å². The van der Waals surface area contributed by atoms with E-state index in [-0.39, 0.29) is 0 Å². The molecule has 0 saturated carbocycles. The second kappa shape index (κ2) is 4.84. The monoisotopic (exact) mass is 284 g/mol. The lowest BCUT2D eigenvalue weighted by atomic mass is 10.2. The standard InChI is InChI=1S/C11H13BrN2O2/c1-15-6-5-14-7-8-3-4-9(12)11(16-2)10(8)13-14/h3-4,7H,5-6H2,1-2H3. The number of benzene rings is 1. The minimum atomic E-state index is 0.650. The predicted molar refractivity (Wildman–Crippen MR) is 65.9 cm³/mol. The number of halogens is 1. The quantitative estimate of drug-likeness (QED) is 0.865. The van der Waals surface area contributed by atoms with Gasteiger partial charge in [0.15, 0.2) is 5.75 Å². The van der Waals surface area contributed by atoms with Gasteiger partial charge in [0.05, 0.1) is 24.7 Å². The minimum Gasteiger partial charge on any atom is -0.493 e. The molecule has 0 unspecified atom stereocenters. The van der Waals surface area contributed by atoms with Gasteiger partial charge in [0.25, 0.3) is 0 Å². The summed E-state index contributed by atoms with van der Waals surface area (Å²) in [6, 6.07) is 3.97. The number of nitrogens with zero attached hydrogens (tertiary/aromatic N) is 2. The van der Waals surface area contributed by atoms with Crippen molar-refractivity contribution in [2.45, 2.75) is 6.54 Å². The molecule has 0 bridgehead atoms. The average Bonchev–Trinajstić information content (AvgIpc) is 2.69. The van der Waals surface area contributed by atoms with E-state index in [1.165, 1.54) is 0 Å². The van der Waals surface area contributed by atoms with Crippen LogP contribution in [0.5, 0.6) is 5.75 Å². The van der Waals surface area contributed by atoms with E-state index in [2.05, 4.69) is 21.0 Å². The Morgan fingerprint density at radius 1 is 1.38 bits per heavy atom. The Morgan fingerprint density at radius 2 is 2.19 bits per heavy atom. The van der Waals surface area contributed by atoms with Gasteiger partial charge in [-0.2, -0.15) is 5.10 Å². The first kappa shape index (κ1) is 11.4. The third-order valence-electron chi connectivity index (χ3n) is 2.36. The summed E-state index contributed by atoms with van der Waals surface area (Å²) in [4.78, 5) is 0. The Balaban J connectivity index is 2.44. The van der Waals surface area contributed by atoms with Crippen molar-refractivity contribution in [1.82, 2.24) is 9.78 Å². The van der Waals surface area contributed by atoms with Crippen LogP contribution in [0.3, 0.4) is 0 Å². The number of fused-ring (bicyclic) bond motifs is 1. The van der Waals surface area contributed by atoms with E-state index in [4.69, 9.17) is 9.47 Å². The van der Waals surface area contributed by atoms with Gasteiger partial charge in [0.2, 0.25) is 0 Å². The third kappa shape index (κ3) is 2.05. The number of aromatic nitrogens is 2. The molecule has 5 heteroatoms. The number of rotatable bonds is 4. The van der Waals surface area contributed by atoms with Crippen molar-refractivity contribution in [1.29, 1.82) is 0 Å². The lowest BCUT2D eigenvalue weighted by molar-refractivity contribution is 0.184. The number of ether oxygens (including phenoxy) is 2. The second-order valence-corrected chi connectivity index (χ2v) is 4.26. The van der Waals surface area contributed by atoms with Gasteiger partial charge in [0, 0.05) is 18.7 Å². The van der Waals surface area contributed by atoms with Crippen LogP contribution in [0.4, 0.5) is 0 Å². The van der Waals surface area contributed by atoms with Crippen LogP contribution >= 0.6 is 15.9 Å². The minimum absolute atomic E-state index is 0.650. The highest BCUT2D eigenvalue weighted by Gasteiger charge is 2.09. The number of methoxy groups -OCH3 is 2. The molecule has 2 aromatic rings. The van der Waals surface area contributed by atoms with E-state index >= 15 is 0 Å². The van der Waals surface area contributed by atoms with E-state index < -0.39 is 0 Å². The highest BCUT2D eigenvalue weighted by atomic mass is 79.9. The van der Waals surface area contributed by atoms with E-state index in [0.29, 0.717) is 6.61 Å². The molecule has 0 atom stereocenters. The first-order valence-electron chi connectivity index (χ1n) is 4.95. The smallest absolute Gasteiger partial charge is 0.161 e. The number of hydrogen-bond acceptors (Lipinski definition) is 3. The third-order valence-corrected chi connectivity index (χ3v) is 2.98. The highest BCUT2D eigenvalue weighted by molar-refractivity contribution is 9.10. The molecule has 16 heavy (non-hydrogen) atoms. The van der Waals surface area contributed by atoms with Gasteiger partial charge < -0.3 is 9.47 Å². The van der Waals surface area contributed by atoms with Crippen molar-refractivity contribution in [3.63, 3.8) is 0 Å². The van der Waals surface area contributed by atoms with Crippen LogP contribution in [0.1, 0.15) is 0 Å². The molecule has 0 aliphatic heterocycles. The summed E-state index contributed by atoms with van der Waals surface area (Å²) < 4.78 is 13.1. The summed E-state index contributed by atoms with van der Waals surface area (Å²) in [6.45, 7) is 1.39. The molecular weight excluding hydrogens is 272 g/mol. The molecule has 0 spiro atoms.